The molecule has 0 unspecified atom stereocenters. The Balaban J connectivity index is 1.59. The highest BCUT2D eigenvalue weighted by Gasteiger charge is 2.42. The van der Waals surface area contributed by atoms with Crippen molar-refractivity contribution < 1.29 is 29.0 Å². The van der Waals surface area contributed by atoms with E-state index in [1.807, 2.05) is 56.3 Å². The molecular formula is C43H67N5O6. The van der Waals surface area contributed by atoms with Crippen molar-refractivity contribution in [3.63, 3.8) is 0 Å². The minimum absolute atomic E-state index is 0.00710. The molecule has 4 amide bonds. The molecule has 1 saturated carbocycles. The van der Waals surface area contributed by atoms with Gasteiger partial charge in [-0.15, -0.1) is 0 Å². The number of rotatable bonds is 20. The van der Waals surface area contributed by atoms with Crippen molar-refractivity contribution in [3.05, 3.63) is 66.0 Å². The van der Waals surface area contributed by atoms with Crippen molar-refractivity contribution in [3.8, 4) is 0 Å². The molecule has 1 aliphatic heterocycles. The lowest BCUT2D eigenvalue weighted by atomic mass is 9.83. The fourth-order valence-electron chi connectivity index (χ4n) is 7.93. The lowest BCUT2D eigenvalue weighted by Gasteiger charge is -2.40. The van der Waals surface area contributed by atoms with E-state index >= 15 is 0 Å². The SMILES string of the molecule is CCCC[C@](CCc1ccccc1)(NC(=O)N1CCC(OCOC)CC1)C(=O)NN(Cc1ccncc1)C(=O)[C@@H](C[C@@H](O)CCC1CCCCC1)C(C)C. The summed E-state index contributed by atoms with van der Waals surface area (Å²) < 4.78 is 10.8. The van der Waals surface area contributed by atoms with Crippen LogP contribution in [0.4, 0.5) is 4.79 Å². The average molecular weight is 750 g/mol. The van der Waals surface area contributed by atoms with Crippen molar-refractivity contribution in [2.24, 2.45) is 17.8 Å². The number of pyridine rings is 1. The van der Waals surface area contributed by atoms with Crippen molar-refractivity contribution in [1.82, 2.24) is 25.6 Å². The number of carbonyl (C=O) groups excluding carboxylic acids is 3. The maximum atomic E-state index is 14.9. The first-order valence-electron chi connectivity index (χ1n) is 20.5. The fourth-order valence-corrected chi connectivity index (χ4v) is 7.93. The van der Waals surface area contributed by atoms with Crippen molar-refractivity contribution in [2.45, 2.75) is 141 Å². The summed E-state index contributed by atoms with van der Waals surface area (Å²) in [5.74, 6) is -0.608. The predicted molar refractivity (Wildman–Crippen MR) is 211 cm³/mol. The van der Waals surface area contributed by atoms with Gasteiger partial charge in [0.1, 0.15) is 12.3 Å². The Hall–Kier alpha value is -3.54. The van der Waals surface area contributed by atoms with E-state index in [2.05, 4.69) is 22.7 Å². The molecule has 3 N–H and O–H groups in total. The Kier molecular flexibility index (Phi) is 18.2. The number of amides is 4. The molecule has 2 fully saturated rings. The van der Waals surface area contributed by atoms with E-state index < -0.39 is 23.5 Å². The fraction of sp³-hybridized carbons (Fsp3) is 0.674. The Labute approximate surface area is 323 Å². The third kappa shape index (κ3) is 13.6. The number of carbonyl (C=O) groups is 3. The van der Waals surface area contributed by atoms with Crippen LogP contribution in [-0.2, 0) is 32.0 Å². The number of nitrogens with one attached hydrogen (secondary N) is 2. The van der Waals surface area contributed by atoms with Crippen LogP contribution in [0.3, 0.4) is 0 Å². The van der Waals surface area contributed by atoms with Gasteiger partial charge in [-0.3, -0.25) is 20.0 Å². The summed E-state index contributed by atoms with van der Waals surface area (Å²) in [7, 11) is 1.59. The summed E-state index contributed by atoms with van der Waals surface area (Å²) in [6.07, 6.45) is 15.1. The number of hydrazine groups is 1. The molecule has 1 aromatic carbocycles. The molecule has 3 atom stereocenters. The summed E-state index contributed by atoms with van der Waals surface area (Å²) in [6, 6.07) is 13.3. The molecule has 2 aromatic rings. The normalized spacial score (nSPS) is 17.8. The van der Waals surface area contributed by atoms with Gasteiger partial charge in [-0.2, -0.15) is 0 Å². The van der Waals surface area contributed by atoms with Crippen LogP contribution >= 0.6 is 0 Å². The van der Waals surface area contributed by atoms with Gasteiger partial charge < -0.3 is 24.8 Å². The van der Waals surface area contributed by atoms with Gasteiger partial charge in [0.2, 0.25) is 5.91 Å². The Morgan fingerprint density at radius 2 is 1.69 bits per heavy atom. The maximum absolute atomic E-state index is 14.9. The number of aliphatic hydroxyl groups excluding tert-OH is 1. The molecule has 1 aliphatic carbocycles. The van der Waals surface area contributed by atoms with Gasteiger partial charge in [-0.05, 0) is 86.5 Å². The molecule has 54 heavy (non-hydrogen) atoms. The zero-order valence-corrected chi connectivity index (χ0v) is 33.3. The first-order valence-corrected chi connectivity index (χ1v) is 20.5. The Bertz CT molecular complexity index is 1380. The largest absolute Gasteiger partial charge is 0.393 e. The molecule has 300 valence electrons. The second kappa shape index (κ2) is 22.7. The highest BCUT2D eigenvalue weighted by Crippen LogP contribution is 2.30. The number of urea groups is 1. The van der Waals surface area contributed by atoms with E-state index in [0.29, 0.717) is 70.4 Å². The third-order valence-corrected chi connectivity index (χ3v) is 11.4. The molecule has 1 saturated heterocycles. The number of likely N-dealkylation sites (tertiary alicyclic amines) is 1. The van der Waals surface area contributed by atoms with Crippen LogP contribution in [0.25, 0.3) is 0 Å². The lowest BCUT2D eigenvalue weighted by Crippen LogP contribution is -2.65. The summed E-state index contributed by atoms with van der Waals surface area (Å²) in [5.41, 5.74) is 3.63. The van der Waals surface area contributed by atoms with Gasteiger partial charge in [-0.25, -0.2) is 9.80 Å². The quantitative estimate of drug-likeness (QED) is 0.0965. The molecule has 0 radical (unpaired) electrons. The Morgan fingerprint density at radius 3 is 2.33 bits per heavy atom. The standard InChI is InChI=1S/C43H67N5O6/c1-5-6-24-43(25-19-35-15-11-8-12-16-35,45-42(52)47-28-22-38(23-29-47)54-32-53-4)41(51)46-48(31-36-20-26-44-27-21-36)40(50)39(33(2)3)30-37(49)18-17-34-13-9-7-10-14-34/h8,11-12,15-16,20-21,26-27,33-34,37-39,49H,5-7,9-10,13-14,17-19,22-25,28-32H2,1-4H3,(H,45,52)(H,46,51)/t37-,39-,43+/m0/s1. The predicted octanol–water partition coefficient (Wildman–Crippen LogP) is 7.18. The molecule has 2 aliphatic rings. The zero-order valence-electron chi connectivity index (χ0n) is 33.3. The van der Waals surface area contributed by atoms with Gasteiger partial charge in [0, 0.05) is 38.5 Å². The summed E-state index contributed by atoms with van der Waals surface area (Å²) >= 11 is 0. The van der Waals surface area contributed by atoms with Crippen LogP contribution in [-0.4, -0.2) is 82.6 Å². The second-order valence-electron chi connectivity index (χ2n) is 15.9. The molecule has 0 spiro atoms. The van der Waals surface area contributed by atoms with Crippen LogP contribution in [0.5, 0.6) is 0 Å². The van der Waals surface area contributed by atoms with E-state index in [0.717, 1.165) is 24.0 Å². The topological polar surface area (TPSA) is 133 Å². The average Bonchev–Trinajstić information content (AvgIpc) is 3.20. The number of methoxy groups -OCH3 is 1. The lowest BCUT2D eigenvalue weighted by molar-refractivity contribution is -0.150. The monoisotopic (exact) mass is 750 g/mol. The number of nitrogens with zero attached hydrogens (tertiary/aromatic N) is 3. The van der Waals surface area contributed by atoms with E-state index in [9.17, 15) is 19.5 Å². The number of aromatic nitrogens is 1. The molecular weight excluding hydrogens is 683 g/mol. The molecule has 4 rings (SSSR count). The number of benzene rings is 1. The van der Waals surface area contributed by atoms with E-state index in [1.54, 1.807) is 24.4 Å². The molecule has 11 heteroatoms. The zero-order chi connectivity index (χ0) is 38.8. The molecule has 11 nitrogen and oxygen atoms in total. The first kappa shape index (κ1) is 43.2. The van der Waals surface area contributed by atoms with E-state index in [1.165, 1.54) is 37.1 Å². The van der Waals surface area contributed by atoms with Crippen LogP contribution in [0, 0.1) is 17.8 Å². The van der Waals surface area contributed by atoms with Crippen LogP contribution in [0.1, 0.15) is 122 Å². The molecule has 2 heterocycles. The van der Waals surface area contributed by atoms with E-state index in [4.69, 9.17) is 9.47 Å². The minimum atomic E-state index is -1.30. The number of aryl methyl sites for hydroxylation is 1. The third-order valence-electron chi connectivity index (χ3n) is 11.4. The number of unbranched alkanes of at least 4 members (excludes halogenated alkanes) is 1. The van der Waals surface area contributed by atoms with Crippen LogP contribution < -0.4 is 10.7 Å². The van der Waals surface area contributed by atoms with Crippen molar-refractivity contribution >= 4 is 17.8 Å². The maximum Gasteiger partial charge on any atom is 0.318 e. The molecule has 1 aromatic heterocycles. The van der Waals surface area contributed by atoms with Crippen LogP contribution in [0.2, 0.25) is 0 Å². The number of hydrogen-bond donors (Lipinski definition) is 3. The van der Waals surface area contributed by atoms with Crippen molar-refractivity contribution in [2.75, 3.05) is 27.0 Å². The van der Waals surface area contributed by atoms with Crippen molar-refractivity contribution in [1.29, 1.82) is 0 Å². The smallest absolute Gasteiger partial charge is 0.318 e. The number of ether oxygens (including phenoxy) is 2. The number of hydrogen-bond acceptors (Lipinski definition) is 7. The second-order valence-corrected chi connectivity index (χ2v) is 15.9. The van der Waals surface area contributed by atoms with Gasteiger partial charge in [0.05, 0.1) is 18.8 Å². The van der Waals surface area contributed by atoms with Gasteiger partial charge in [0.15, 0.2) is 0 Å². The highest BCUT2D eigenvalue weighted by atomic mass is 16.7. The first-order chi connectivity index (χ1) is 26.1. The van der Waals surface area contributed by atoms with Gasteiger partial charge >= 0.3 is 6.03 Å². The number of piperidine rings is 1. The number of aliphatic hydroxyl groups is 1. The molecule has 0 bridgehead atoms. The summed E-state index contributed by atoms with van der Waals surface area (Å²) in [6.45, 7) is 7.39. The highest BCUT2D eigenvalue weighted by molar-refractivity contribution is 5.92. The minimum Gasteiger partial charge on any atom is -0.393 e. The Morgan fingerprint density at radius 1 is 0.981 bits per heavy atom. The summed E-state index contributed by atoms with van der Waals surface area (Å²) in [4.78, 5) is 49.6. The van der Waals surface area contributed by atoms with Crippen LogP contribution in [0.15, 0.2) is 54.9 Å². The summed E-state index contributed by atoms with van der Waals surface area (Å²) in [5, 5.41) is 15.9. The van der Waals surface area contributed by atoms with Gasteiger partial charge in [0.25, 0.3) is 5.91 Å². The van der Waals surface area contributed by atoms with E-state index in [-0.39, 0.29) is 37.3 Å². The van der Waals surface area contributed by atoms with Gasteiger partial charge in [-0.1, -0.05) is 96.0 Å².